The summed E-state index contributed by atoms with van der Waals surface area (Å²) in [7, 11) is -2.41. The van der Waals surface area contributed by atoms with Crippen molar-refractivity contribution < 1.29 is 17.9 Å². The van der Waals surface area contributed by atoms with Gasteiger partial charge in [-0.3, -0.25) is 0 Å². The molecule has 7 heteroatoms. The monoisotopic (exact) mass is 340 g/mol. The first kappa shape index (κ1) is 17.9. The standard InChI is InChI=1S/C16H24N2O4S/c1-11-12(15(19)22-4)6-5-7-13(11)23(20,21)18-9-8-14(17)16(2,3)10-18/h5-7,14H,8-10,17H2,1-4H3. The molecule has 0 bridgehead atoms. The van der Waals surface area contributed by atoms with Crippen LogP contribution in [-0.4, -0.2) is 44.9 Å². The summed E-state index contributed by atoms with van der Waals surface area (Å²) in [5, 5.41) is 0. The Morgan fingerprint density at radius 1 is 1.39 bits per heavy atom. The summed E-state index contributed by atoms with van der Waals surface area (Å²) in [5.41, 5.74) is 6.47. The Labute approximate surface area is 137 Å². The maximum Gasteiger partial charge on any atom is 0.338 e. The van der Waals surface area contributed by atoms with E-state index in [0.29, 0.717) is 25.1 Å². The van der Waals surface area contributed by atoms with Crippen LogP contribution in [0.4, 0.5) is 0 Å². The van der Waals surface area contributed by atoms with Crippen LogP contribution in [0.3, 0.4) is 0 Å². The Hall–Kier alpha value is -1.44. The van der Waals surface area contributed by atoms with E-state index in [1.165, 1.54) is 17.5 Å². The van der Waals surface area contributed by atoms with Crippen LogP contribution in [0.15, 0.2) is 23.1 Å². The van der Waals surface area contributed by atoms with Gasteiger partial charge in [0, 0.05) is 19.1 Å². The van der Waals surface area contributed by atoms with E-state index in [4.69, 9.17) is 10.5 Å². The van der Waals surface area contributed by atoms with Crippen LogP contribution >= 0.6 is 0 Å². The normalized spacial score (nSPS) is 21.9. The first-order valence-electron chi connectivity index (χ1n) is 7.55. The van der Waals surface area contributed by atoms with E-state index >= 15 is 0 Å². The minimum atomic E-state index is -3.68. The maximum atomic E-state index is 13.0. The molecule has 1 aliphatic rings. The number of nitrogens with two attached hydrogens (primary N) is 1. The minimum Gasteiger partial charge on any atom is -0.465 e. The van der Waals surface area contributed by atoms with E-state index < -0.39 is 16.0 Å². The summed E-state index contributed by atoms with van der Waals surface area (Å²) in [6.07, 6.45) is 0.613. The van der Waals surface area contributed by atoms with Gasteiger partial charge in [-0.2, -0.15) is 4.31 Å². The molecule has 128 valence electrons. The van der Waals surface area contributed by atoms with Crippen molar-refractivity contribution in [2.24, 2.45) is 11.1 Å². The number of sulfonamides is 1. The van der Waals surface area contributed by atoms with Crippen LogP contribution in [0.5, 0.6) is 0 Å². The third-order valence-corrected chi connectivity index (χ3v) is 6.57. The van der Waals surface area contributed by atoms with E-state index in [9.17, 15) is 13.2 Å². The fourth-order valence-electron chi connectivity index (χ4n) is 2.89. The quantitative estimate of drug-likeness (QED) is 0.843. The first-order chi connectivity index (χ1) is 10.6. The van der Waals surface area contributed by atoms with Crippen molar-refractivity contribution in [2.45, 2.75) is 38.1 Å². The van der Waals surface area contributed by atoms with E-state index in [-0.39, 0.29) is 21.9 Å². The number of ether oxygens (including phenoxy) is 1. The second-order valence-corrected chi connectivity index (χ2v) is 8.55. The first-order valence-corrected chi connectivity index (χ1v) is 8.99. The van der Waals surface area contributed by atoms with Gasteiger partial charge in [0.1, 0.15) is 0 Å². The molecule has 1 aliphatic heterocycles. The highest BCUT2D eigenvalue weighted by Crippen LogP contribution is 2.32. The van der Waals surface area contributed by atoms with E-state index in [0.717, 1.165) is 0 Å². The van der Waals surface area contributed by atoms with Crippen LogP contribution in [0.1, 0.15) is 36.2 Å². The molecule has 1 heterocycles. The van der Waals surface area contributed by atoms with Gasteiger partial charge in [0.15, 0.2) is 0 Å². The van der Waals surface area contributed by atoms with Gasteiger partial charge in [0.2, 0.25) is 10.0 Å². The third kappa shape index (κ3) is 3.27. The highest BCUT2D eigenvalue weighted by molar-refractivity contribution is 7.89. The molecule has 0 spiro atoms. The van der Waals surface area contributed by atoms with Crippen molar-refractivity contribution in [3.63, 3.8) is 0 Å². The molecule has 1 unspecified atom stereocenters. The van der Waals surface area contributed by atoms with Crippen molar-refractivity contribution in [1.82, 2.24) is 4.31 Å². The second-order valence-electron chi connectivity index (χ2n) is 6.64. The second kappa shape index (κ2) is 6.22. The number of hydrogen-bond donors (Lipinski definition) is 1. The lowest BCUT2D eigenvalue weighted by atomic mass is 9.81. The molecule has 1 aromatic rings. The number of piperidine rings is 1. The maximum absolute atomic E-state index is 13.0. The Bertz CT molecular complexity index is 713. The van der Waals surface area contributed by atoms with Crippen LogP contribution in [0, 0.1) is 12.3 Å². The zero-order chi connectivity index (χ0) is 17.4. The highest BCUT2D eigenvalue weighted by atomic mass is 32.2. The zero-order valence-electron chi connectivity index (χ0n) is 14.0. The van der Waals surface area contributed by atoms with Gasteiger partial charge in [0.05, 0.1) is 17.6 Å². The third-order valence-electron chi connectivity index (χ3n) is 4.58. The molecule has 1 saturated heterocycles. The molecule has 6 nitrogen and oxygen atoms in total. The molecule has 0 aliphatic carbocycles. The predicted molar refractivity (Wildman–Crippen MR) is 87.7 cm³/mol. The molecular formula is C16H24N2O4S. The lowest BCUT2D eigenvalue weighted by molar-refractivity contribution is 0.0599. The van der Waals surface area contributed by atoms with Crippen LogP contribution in [-0.2, 0) is 14.8 Å². The molecule has 1 aromatic carbocycles. The molecular weight excluding hydrogens is 316 g/mol. The topological polar surface area (TPSA) is 89.7 Å². The summed E-state index contributed by atoms with van der Waals surface area (Å²) >= 11 is 0. The Morgan fingerprint density at radius 2 is 2.04 bits per heavy atom. The van der Waals surface area contributed by atoms with E-state index in [2.05, 4.69) is 0 Å². The van der Waals surface area contributed by atoms with Crippen molar-refractivity contribution in [2.75, 3.05) is 20.2 Å². The smallest absolute Gasteiger partial charge is 0.338 e. The average Bonchev–Trinajstić information content (AvgIpc) is 2.49. The summed E-state index contributed by atoms with van der Waals surface area (Å²) in [4.78, 5) is 11.9. The molecule has 0 aromatic heterocycles. The van der Waals surface area contributed by atoms with Gasteiger partial charge < -0.3 is 10.5 Å². The number of rotatable bonds is 3. The Morgan fingerprint density at radius 3 is 2.61 bits per heavy atom. The van der Waals surface area contributed by atoms with Gasteiger partial charge in [-0.1, -0.05) is 19.9 Å². The fourth-order valence-corrected chi connectivity index (χ4v) is 4.77. The summed E-state index contributed by atoms with van der Waals surface area (Å²) in [5.74, 6) is -0.541. The van der Waals surface area contributed by atoms with Crippen molar-refractivity contribution in [3.05, 3.63) is 29.3 Å². The number of hydrogen-bond acceptors (Lipinski definition) is 5. The number of carbonyl (C=O) groups excluding carboxylic acids is 1. The SMILES string of the molecule is COC(=O)c1cccc(S(=O)(=O)N2CCC(N)C(C)(C)C2)c1C. The summed E-state index contributed by atoms with van der Waals surface area (Å²) in [6.45, 7) is 6.31. The van der Waals surface area contributed by atoms with Crippen LogP contribution < -0.4 is 5.73 Å². The van der Waals surface area contributed by atoms with E-state index in [1.807, 2.05) is 13.8 Å². The summed E-state index contributed by atoms with van der Waals surface area (Å²) in [6, 6.07) is 4.62. The number of carbonyl (C=O) groups is 1. The molecule has 23 heavy (non-hydrogen) atoms. The zero-order valence-corrected chi connectivity index (χ0v) is 14.8. The van der Waals surface area contributed by atoms with Crippen molar-refractivity contribution in [3.8, 4) is 0 Å². The number of nitrogens with zero attached hydrogens (tertiary/aromatic N) is 1. The highest BCUT2D eigenvalue weighted by Gasteiger charge is 2.39. The summed E-state index contributed by atoms with van der Waals surface area (Å²) < 4.78 is 32.2. The van der Waals surface area contributed by atoms with Gasteiger partial charge in [-0.05, 0) is 36.5 Å². The molecule has 0 saturated carbocycles. The number of methoxy groups -OCH3 is 1. The van der Waals surface area contributed by atoms with Gasteiger partial charge >= 0.3 is 5.97 Å². The molecule has 1 atom stereocenters. The molecule has 2 rings (SSSR count). The minimum absolute atomic E-state index is 0.0311. The van der Waals surface area contributed by atoms with Crippen LogP contribution in [0.25, 0.3) is 0 Å². The van der Waals surface area contributed by atoms with E-state index in [1.54, 1.807) is 19.1 Å². The van der Waals surface area contributed by atoms with Crippen LogP contribution in [0.2, 0.25) is 0 Å². The van der Waals surface area contributed by atoms with Crippen molar-refractivity contribution in [1.29, 1.82) is 0 Å². The fraction of sp³-hybridized carbons (Fsp3) is 0.562. The predicted octanol–water partition coefficient (Wildman–Crippen LogP) is 1.53. The van der Waals surface area contributed by atoms with Gasteiger partial charge in [-0.25, -0.2) is 13.2 Å². The van der Waals surface area contributed by atoms with Gasteiger partial charge in [-0.15, -0.1) is 0 Å². The molecule has 0 amide bonds. The number of esters is 1. The lowest BCUT2D eigenvalue weighted by Gasteiger charge is -2.41. The largest absolute Gasteiger partial charge is 0.465 e. The molecule has 0 radical (unpaired) electrons. The lowest BCUT2D eigenvalue weighted by Crippen LogP contribution is -2.53. The Balaban J connectivity index is 2.43. The Kier molecular flexibility index (Phi) is 4.84. The number of benzene rings is 1. The molecule has 2 N–H and O–H groups in total. The molecule has 1 fully saturated rings. The average molecular weight is 340 g/mol. The van der Waals surface area contributed by atoms with Gasteiger partial charge in [0.25, 0.3) is 0 Å². The van der Waals surface area contributed by atoms with Crippen molar-refractivity contribution >= 4 is 16.0 Å².